The van der Waals surface area contributed by atoms with Gasteiger partial charge in [-0.25, -0.2) is 9.97 Å². The van der Waals surface area contributed by atoms with Gasteiger partial charge in [-0.1, -0.05) is 52.4 Å². The van der Waals surface area contributed by atoms with Crippen LogP contribution in [-0.2, 0) is 20.6 Å². The van der Waals surface area contributed by atoms with Crippen LogP contribution in [0.1, 0.15) is 70.8 Å². The lowest BCUT2D eigenvalue weighted by molar-refractivity contribution is -0.0200. The summed E-state index contributed by atoms with van der Waals surface area (Å²) >= 11 is 0. The third-order valence-electron chi connectivity index (χ3n) is 5.81. The summed E-state index contributed by atoms with van der Waals surface area (Å²) in [4.78, 5) is 8.75. The van der Waals surface area contributed by atoms with Gasteiger partial charge in [0.05, 0.1) is 33.0 Å². The van der Waals surface area contributed by atoms with E-state index in [1.165, 1.54) is 32.1 Å². The van der Waals surface area contributed by atoms with Crippen molar-refractivity contribution in [1.29, 1.82) is 0 Å². The molecule has 0 saturated heterocycles. The first kappa shape index (κ1) is 30.2. The second-order valence-electron chi connectivity index (χ2n) is 9.03. The molecule has 1 atom stereocenters. The second kappa shape index (κ2) is 20.0. The maximum atomic E-state index is 10.3. The number of aromatic nitrogens is 2. The molecule has 0 radical (unpaired) electrons. The van der Waals surface area contributed by atoms with Crippen LogP contribution in [0, 0.1) is 0 Å². The van der Waals surface area contributed by atoms with E-state index in [9.17, 15) is 5.11 Å². The van der Waals surface area contributed by atoms with E-state index < -0.39 is 6.10 Å². The van der Waals surface area contributed by atoms with E-state index in [0.29, 0.717) is 32.3 Å². The minimum absolute atomic E-state index is 0.177. The number of hydrogen-bond donors (Lipinski definition) is 1. The molecule has 0 saturated carbocycles. The Hall–Kier alpha value is -2.06. The fourth-order valence-corrected chi connectivity index (χ4v) is 3.74. The molecule has 36 heavy (non-hydrogen) atoms. The number of nitrogens with zero attached hydrogens (tertiary/aromatic N) is 2. The summed E-state index contributed by atoms with van der Waals surface area (Å²) in [6, 6.07) is 7.86. The molecule has 2 rings (SSSR count). The molecule has 7 nitrogen and oxygen atoms in total. The van der Waals surface area contributed by atoms with Crippen molar-refractivity contribution < 1.29 is 24.1 Å². The zero-order valence-electron chi connectivity index (χ0n) is 22.3. The minimum atomic E-state index is -0.707. The maximum absolute atomic E-state index is 10.3. The highest BCUT2D eigenvalue weighted by atomic mass is 16.5. The van der Waals surface area contributed by atoms with Crippen molar-refractivity contribution in [1.82, 2.24) is 9.97 Å². The minimum Gasteiger partial charge on any atom is -0.491 e. The average molecular weight is 503 g/mol. The Morgan fingerprint density at radius 3 is 2.17 bits per heavy atom. The Balaban J connectivity index is 1.75. The largest absolute Gasteiger partial charge is 0.491 e. The molecule has 0 aliphatic rings. The van der Waals surface area contributed by atoms with Crippen molar-refractivity contribution >= 4 is 0 Å². The molecule has 1 unspecified atom stereocenters. The number of aliphatic hydroxyl groups is 1. The van der Waals surface area contributed by atoms with E-state index in [4.69, 9.17) is 18.9 Å². The smallest absolute Gasteiger partial charge is 0.159 e. The summed E-state index contributed by atoms with van der Waals surface area (Å²) in [6.45, 7) is 7.62. The van der Waals surface area contributed by atoms with Crippen LogP contribution in [-0.4, -0.2) is 67.4 Å². The van der Waals surface area contributed by atoms with Crippen LogP contribution in [0.4, 0.5) is 0 Å². The van der Waals surface area contributed by atoms with Gasteiger partial charge in [0.1, 0.15) is 18.5 Å². The lowest BCUT2D eigenvalue weighted by Crippen LogP contribution is -2.24. The van der Waals surface area contributed by atoms with Gasteiger partial charge in [0.15, 0.2) is 5.82 Å². The Kier molecular flexibility index (Phi) is 16.8. The number of hydrogen-bond acceptors (Lipinski definition) is 7. The van der Waals surface area contributed by atoms with Crippen LogP contribution < -0.4 is 4.74 Å². The Morgan fingerprint density at radius 2 is 1.42 bits per heavy atom. The first-order chi connectivity index (χ1) is 17.7. The standard InChI is InChI=1S/C29H46N2O5/c1-3-5-7-8-9-10-12-25-22-26(29-30-15-11-16-31-29)13-14-28(25)36-24-27(32)23-35-21-20-34-19-18-33-17-6-4-2/h11,13-16,22,27,32H,3-10,12,17-21,23-24H2,1-2H3. The van der Waals surface area contributed by atoms with E-state index in [2.05, 4.69) is 29.9 Å². The number of benzene rings is 1. The third kappa shape index (κ3) is 13.3. The van der Waals surface area contributed by atoms with Crippen LogP contribution >= 0.6 is 0 Å². The Bertz CT molecular complexity index is 790. The number of aryl methyl sites for hydroxylation is 1. The summed E-state index contributed by atoms with van der Waals surface area (Å²) < 4.78 is 22.5. The van der Waals surface area contributed by atoms with Crippen molar-refractivity contribution in [3.05, 3.63) is 42.2 Å². The summed E-state index contributed by atoms with van der Waals surface area (Å²) in [7, 11) is 0. The van der Waals surface area contributed by atoms with Gasteiger partial charge >= 0.3 is 0 Å². The van der Waals surface area contributed by atoms with Gasteiger partial charge in [-0.2, -0.15) is 0 Å². The SMILES string of the molecule is CCCCCCCCc1cc(-c2ncccn2)ccc1OCC(O)COCCOCCOCCCC. The van der Waals surface area contributed by atoms with Crippen molar-refractivity contribution in [2.24, 2.45) is 0 Å². The molecule has 0 aliphatic carbocycles. The quantitative estimate of drug-likeness (QED) is 0.209. The first-order valence-corrected chi connectivity index (χ1v) is 13.7. The molecule has 0 amide bonds. The molecule has 1 heterocycles. The highest BCUT2D eigenvalue weighted by Crippen LogP contribution is 2.27. The molecular formula is C29H46N2O5. The summed E-state index contributed by atoms with van der Waals surface area (Å²) in [5, 5.41) is 10.3. The molecule has 2 aromatic rings. The maximum Gasteiger partial charge on any atom is 0.159 e. The van der Waals surface area contributed by atoms with Gasteiger partial charge in [-0.15, -0.1) is 0 Å². The first-order valence-electron chi connectivity index (χ1n) is 13.7. The molecule has 0 fully saturated rings. The molecule has 7 heteroatoms. The van der Waals surface area contributed by atoms with Gasteiger partial charge in [0, 0.05) is 24.6 Å². The number of aliphatic hydroxyl groups excluding tert-OH is 1. The zero-order chi connectivity index (χ0) is 25.7. The predicted molar refractivity (Wildman–Crippen MR) is 143 cm³/mol. The van der Waals surface area contributed by atoms with E-state index in [0.717, 1.165) is 49.2 Å². The second-order valence-corrected chi connectivity index (χ2v) is 9.03. The van der Waals surface area contributed by atoms with Crippen LogP contribution in [0.5, 0.6) is 5.75 Å². The van der Waals surface area contributed by atoms with E-state index in [-0.39, 0.29) is 13.2 Å². The summed E-state index contributed by atoms with van der Waals surface area (Å²) in [5.74, 6) is 1.50. The molecule has 1 aromatic heterocycles. The van der Waals surface area contributed by atoms with Gasteiger partial charge in [-0.3, -0.25) is 0 Å². The molecule has 0 aliphatic heterocycles. The Labute approximate surface area is 217 Å². The van der Waals surface area contributed by atoms with Crippen molar-refractivity contribution in [2.75, 3.05) is 46.2 Å². The molecule has 202 valence electrons. The third-order valence-corrected chi connectivity index (χ3v) is 5.81. The van der Waals surface area contributed by atoms with Crippen molar-refractivity contribution in [2.45, 2.75) is 77.7 Å². The lowest BCUT2D eigenvalue weighted by Gasteiger charge is -2.16. The summed E-state index contributed by atoms with van der Waals surface area (Å²) in [6.07, 6.45) is 13.4. The number of unbranched alkanes of at least 4 members (excludes halogenated alkanes) is 6. The van der Waals surface area contributed by atoms with Crippen LogP contribution in [0.2, 0.25) is 0 Å². The topological polar surface area (TPSA) is 82.9 Å². The fraction of sp³-hybridized carbons (Fsp3) is 0.655. The Morgan fingerprint density at radius 1 is 0.750 bits per heavy atom. The summed E-state index contributed by atoms with van der Waals surface area (Å²) in [5.41, 5.74) is 2.10. The molecule has 1 N–H and O–H groups in total. The predicted octanol–water partition coefficient (Wildman–Crippen LogP) is 5.64. The number of rotatable bonds is 22. The molecular weight excluding hydrogens is 456 g/mol. The lowest BCUT2D eigenvalue weighted by atomic mass is 10.0. The van der Waals surface area contributed by atoms with E-state index in [1.807, 2.05) is 18.2 Å². The van der Waals surface area contributed by atoms with Gasteiger partial charge in [0.2, 0.25) is 0 Å². The highest BCUT2D eigenvalue weighted by Gasteiger charge is 2.11. The molecule has 0 bridgehead atoms. The number of ether oxygens (including phenoxy) is 4. The molecule has 0 spiro atoms. The van der Waals surface area contributed by atoms with Gasteiger partial charge in [-0.05, 0) is 49.1 Å². The van der Waals surface area contributed by atoms with E-state index >= 15 is 0 Å². The molecule has 1 aromatic carbocycles. The van der Waals surface area contributed by atoms with Gasteiger partial charge < -0.3 is 24.1 Å². The van der Waals surface area contributed by atoms with Crippen LogP contribution in [0.25, 0.3) is 11.4 Å². The zero-order valence-corrected chi connectivity index (χ0v) is 22.3. The monoisotopic (exact) mass is 502 g/mol. The van der Waals surface area contributed by atoms with Crippen molar-refractivity contribution in [3.63, 3.8) is 0 Å². The highest BCUT2D eigenvalue weighted by molar-refractivity contribution is 5.58. The van der Waals surface area contributed by atoms with Gasteiger partial charge in [0.25, 0.3) is 0 Å². The van der Waals surface area contributed by atoms with Crippen molar-refractivity contribution in [3.8, 4) is 17.1 Å². The average Bonchev–Trinajstić information content (AvgIpc) is 2.91. The van der Waals surface area contributed by atoms with Crippen LogP contribution in [0.3, 0.4) is 0 Å². The fourth-order valence-electron chi connectivity index (χ4n) is 3.74. The van der Waals surface area contributed by atoms with E-state index in [1.54, 1.807) is 12.4 Å². The normalized spacial score (nSPS) is 12.1. The van der Waals surface area contributed by atoms with Crippen LogP contribution in [0.15, 0.2) is 36.7 Å².